The maximum Gasteiger partial charge on any atom is 0.534 e. The lowest BCUT2D eigenvalue weighted by Gasteiger charge is -2.21. The van der Waals surface area contributed by atoms with Crippen molar-refractivity contribution < 1.29 is 35.3 Å². The number of alkyl halides is 3. The van der Waals surface area contributed by atoms with Gasteiger partial charge in [0.1, 0.15) is 11.4 Å². The van der Waals surface area contributed by atoms with Crippen LogP contribution in [0.3, 0.4) is 0 Å². The maximum absolute atomic E-state index is 12.1. The van der Waals surface area contributed by atoms with E-state index < -0.39 is 33.4 Å². The molecule has 0 aromatic heterocycles. The Bertz CT molecular complexity index is 533. The van der Waals surface area contributed by atoms with E-state index in [1.54, 1.807) is 20.8 Å². The van der Waals surface area contributed by atoms with Gasteiger partial charge in [0.15, 0.2) is 0 Å². The van der Waals surface area contributed by atoms with Crippen LogP contribution in [0.5, 0.6) is 0 Å². The number of halogens is 3. The lowest BCUT2D eigenvalue weighted by molar-refractivity contribution is -0.0523. The van der Waals surface area contributed by atoms with Gasteiger partial charge in [0.25, 0.3) is 0 Å². The predicted octanol–water partition coefficient (Wildman–Crippen LogP) is 2.42. The van der Waals surface area contributed by atoms with E-state index in [0.29, 0.717) is 0 Å². The number of nitrogens with one attached hydrogen (secondary N) is 1. The number of amides is 1. The summed E-state index contributed by atoms with van der Waals surface area (Å²) in [6, 6.07) is -0.571. The zero-order valence-corrected chi connectivity index (χ0v) is 12.5. The Morgan fingerprint density at radius 2 is 1.90 bits per heavy atom. The fourth-order valence-corrected chi connectivity index (χ4v) is 2.04. The van der Waals surface area contributed by atoms with Crippen molar-refractivity contribution in [1.29, 1.82) is 0 Å². The van der Waals surface area contributed by atoms with Gasteiger partial charge < -0.3 is 14.2 Å². The Hall–Kier alpha value is -1.45. The molecule has 0 unspecified atom stereocenters. The molecule has 0 bridgehead atoms. The second-order valence-electron chi connectivity index (χ2n) is 5.44. The Balaban J connectivity index is 2.52. The van der Waals surface area contributed by atoms with E-state index in [-0.39, 0.29) is 18.6 Å². The summed E-state index contributed by atoms with van der Waals surface area (Å²) >= 11 is 0. The van der Waals surface area contributed by atoms with Gasteiger partial charge in [-0.1, -0.05) is 0 Å². The summed E-state index contributed by atoms with van der Waals surface area (Å²) in [5.74, 6) is -0.353. The average molecular weight is 331 g/mol. The van der Waals surface area contributed by atoms with Gasteiger partial charge >= 0.3 is 21.7 Å². The van der Waals surface area contributed by atoms with Crippen LogP contribution in [0.2, 0.25) is 0 Å². The van der Waals surface area contributed by atoms with Gasteiger partial charge in [0, 0.05) is 12.5 Å². The van der Waals surface area contributed by atoms with E-state index in [1.165, 1.54) is 6.08 Å². The number of hydrogen-bond acceptors (Lipinski definition) is 5. The predicted molar refractivity (Wildman–Crippen MR) is 66.5 cm³/mol. The van der Waals surface area contributed by atoms with Gasteiger partial charge in [-0.05, 0) is 33.3 Å². The van der Waals surface area contributed by atoms with E-state index in [9.17, 15) is 26.4 Å². The van der Waals surface area contributed by atoms with Crippen LogP contribution in [0.4, 0.5) is 18.0 Å². The summed E-state index contributed by atoms with van der Waals surface area (Å²) in [4.78, 5) is 11.5. The molecule has 1 aliphatic rings. The Morgan fingerprint density at radius 3 is 2.38 bits per heavy atom. The molecular weight excluding hydrogens is 315 g/mol. The molecule has 0 radical (unpaired) electrons. The van der Waals surface area contributed by atoms with E-state index in [4.69, 9.17) is 4.74 Å². The number of ether oxygens (including phenoxy) is 1. The van der Waals surface area contributed by atoms with Gasteiger partial charge in [-0.2, -0.15) is 21.6 Å². The zero-order valence-electron chi connectivity index (χ0n) is 11.7. The molecule has 21 heavy (non-hydrogen) atoms. The highest BCUT2D eigenvalue weighted by Crippen LogP contribution is 2.30. The van der Waals surface area contributed by atoms with Gasteiger partial charge in [-0.25, -0.2) is 4.79 Å². The molecule has 0 saturated heterocycles. The molecule has 0 fully saturated rings. The first-order chi connectivity index (χ1) is 9.30. The average Bonchev–Trinajstić information content (AvgIpc) is 2.59. The van der Waals surface area contributed by atoms with E-state index in [1.807, 2.05) is 0 Å². The first-order valence-electron chi connectivity index (χ1n) is 5.99. The topological polar surface area (TPSA) is 81.7 Å². The molecule has 10 heteroatoms. The smallest absolute Gasteiger partial charge is 0.444 e. The summed E-state index contributed by atoms with van der Waals surface area (Å²) in [5.41, 5.74) is -6.19. The van der Waals surface area contributed by atoms with Crippen LogP contribution in [0.15, 0.2) is 11.8 Å². The van der Waals surface area contributed by atoms with Gasteiger partial charge in [0.05, 0.1) is 0 Å². The molecule has 0 saturated carbocycles. The highest BCUT2D eigenvalue weighted by molar-refractivity contribution is 7.87. The normalized spacial score (nSPS) is 19.9. The standard InChI is InChI=1S/C11H16F3NO5S/c1-10(2,3)19-9(16)15-7-4-5-8(6-7)20-21(17,18)11(12,13)14/h5,7H,4,6H2,1-3H3,(H,15,16)/t7-/m0/s1. The van der Waals surface area contributed by atoms with E-state index in [0.717, 1.165) is 0 Å². The van der Waals surface area contributed by atoms with Crippen molar-refractivity contribution in [2.45, 2.75) is 50.8 Å². The van der Waals surface area contributed by atoms with Crippen LogP contribution in [0.1, 0.15) is 33.6 Å². The molecule has 1 aliphatic carbocycles. The van der Waals surface area contributed by atoms with E-state index in [2.05, 4.69) is 9.50 Å². The van der Waals surface area contributed by atoms with Crippen molar-refractivity contribution in [2.24, 2.45) is 0 Å². The van der Waals surface area contributed by atoms with Gasteiger partial charge in [0.2, 0.25) is 0 Å². The van der Waals surface area contributed by atoms with E-state index >= 15 is 0 Å². The fraction of sp³-hybridized carbons (Fsp3) is 0.727. The number of hydrogen-bond donors (Lipinski definition) is 1. The molecule has 0 aliphatic heterocycles. The van der Waals surface area contributed by atoms with Crippen molar-refractivity contribution in [3.05, 3.63) is 11.8 Å². The molecule has 0 aromatic carbocycles. The van der Waals surface area contributed by atoms with Crippen LogP contribution in [-0.4, -0.2) is 31.7 Å². The van der Waals surface area contributed by atoms with Crippen molar-refractivity contribution in [3.8, 4) is 0 Å². The van der Waals surface area contributed by atoms with Crippen molar-refractivity contribution >= 4 is 16.2 Å². The molecule has 122 valence electrons. The summed E-state index contributed by atoms with van der Waals surface area (Å²) in [6.07, 6.45) is 0.447. The number of carbonyl (C=O) groups excluding carboxylic acids is 1. The van der Waals surface area contributed by atoms with Crippen LogP contribution >= 0.6 is 0 Å². The summed E-state index contributed by atoms with van der Waals surface area (Å²) in [5, 5.41) is 2.42. The molecular formula is C11H16F3NO5S. The molecule has 0 spiro atoms. The number of rotatable bonds is 3. The monoisotopic (exact) mass is 331 g/mol. The summed E-state index contributed by atoms with van der Waals surface area (Å²) in [7, 11) is -5.67. The number of alkyl carbamates (subject to hydrolysis) is 1. The van der Waals surface area contributed by atoms with Crippen molar-refractivity contribution in [1.82, 2.24) is 5.32 Å². The quantitative estimate of drug-likeness (QED) is 0.634. The molecule has 1 amide bonds. The third kappa shape index (κ3) is 5.44. The van der Waals surface area contributed by atoms with Gasteiger partial charge in [-0.15, -0.1) is 0 Å². The highest BCUT2D eigenvalue weighted by Gasteiger charge is 2.49. The lowest BCUT2D eigenvalue weighted by Crippen LogP contribution is -2.38. The minimum atomic E-state index is -5.67. The molecule has 1 atom stereocenters. The molecule has 0 heterocycles. The lowest BCUT2D eigenvalue weighted by atomic mass is 10.2. The molecule has 6 nitrogen and oxygen atoms in total. The SMILES string of the molecule is CC(C)(C)OC(=O)N[C@H]1CC=C(OS(=O)(=O)C(F)(F)F)C1. The molecule has 0 aromatic rings. The Kier molecular flexibility index (Phi) is 4.81. The van der Waals surface area contributed by atoms with Crippen molar-refractivity contribution in [2.75, 3.05) is 0 Å². The van der Waals surface area contributed by atoms with Crippen LogP contribution < -0.4 is 5.32 Å². The van der Waals surface area contributed by atoms with Crippen molar-refractivity contribution in [3.63, 3.8) is 0 Å². The Morgan fingerprint density at radius 1 is 1.33 bits per heavy atom. The second-order valence-corrected chi connectivity index (χ2v) is 6.97. The largest absolute Gasteiger partial charge is 0.534 e. The third-order valence-corrected chi connectivity index (χ3v) is 3.30. The molecule has 1 rings (SSSR count). The maximum atomic E-state index is 12.1. The fourth-order valence-electron chi connectivity index (χ4n) is 1.52. The highest BCUT2D eigenvalue weighted by atomic mass is 32.2. The minimum absolute atomic E-state index is 0.155. The van der Waals surface area contributed by atoms with Crippen LogP contribution in [-0.2, 0) is 19.0 Å². The summed E-state index contributed by atoms with van der Waals surface area (Å²) in [6.45, 7) is 4.97. The Labute approximate surface area is 120 Å². The molecule has 1 N–H and O–H groups in total. The number of carbonyl (C=O) groups is 1. The first-order valence-corrected chi connectivity index (χ1v) is 7.40. The second kappa shape index (κ2) is 5.74. The third-order valence-electron chi connectivity index (χ3n) is 2.30. The zero-order chi connectivity index (χ0) is 16.5. The van der Waals surface area contributed by atoms with Gasteiger partial charge in [-0.3, -0.25) is 0 Å². The summed E-state index contributed by atoms with van der Waals surface area (Å²) < 4.78 is 67.1. The minimum Gasteiger partial charge on any atom is -0.444 e. The van der Waals surface area contributed by atoms with Crippen LogP contribution in [0.25, 0.3) is 0 Å². The first kappa shape index (κ1) is 17.6. The van der Waals surface area contributed by atoms with Crippen LogP contribution in [0, 0.1) is 0 Å².